The number of thioether (sulfide) groups is 1. The molecule has 1 heterocycles. The van der Waals surface area contributed by atoms with E-state index in [-0.39, 0.29) is 0 Å². The number of carboxylic acids is 1. The largest absolute Gasteiger partial charge is 0.478 e. The molecule has 0 spiro atoms. The van der Waals surface area contributed by atoms with Crippen molar-refractivity contribution in [3.05, 3.63) is 28.0 Å². The van der Waals surface area contributed by atoms with Crippen LogP contribution >= 0.6 is 23.1 Å². The van der Waals surface area contributed by atoms with Crippen molar-refractivity contribution in [3.63, 3.8) is 0 Å². The van der Waals surface area contributed by atoms with Crippen molar-refractivity contribution in [2.75, 3.05) is 5.75 Å². The topological polar surface area (TPSA) is 37.3 Å². The van der Waals surface area contributed by atoms with Crippen LogP contribution in [-0.4, -0.2) is 16.8 Å². The summed E-state index contributed by atoms with van der Waals surface area (Å²) in [6, 6.07) is 4.03. The molecule has 2 nitrogen and oxygen atoms in total. The molecule has 0 amide bonds. The first-order valence-electron chi connectivity index (χ1n) is 4.80. The number of carboxylic acid groups (broad SMARTS) is 1. The molecule has 1 N–H and O–H groups in total. The zero-order valence-electron chi connectivity index (χ0n) is 8.60. The van der Waals surface area contributed by atoms with Gasteiger partial charge in [-0.25, -0.2) is 4.79 Å². The van der Waals surface area contributed by atoms with Gasteiger partial charge in [0.15, 0.2) is 0 Å². The van der Waals surface area contributed by atoms with Crippen LogP contribution in [0.5, 0.6) is 0 Å². The van der Waals surface area contributed by atoms with Crippen LogP contribution in [0.2, 0.25) is 0 Å². The number of hydrogen-bond acceptors (Lipinski definition) is 3. The Kier molecular flexibility index (Phi) is 5.50. The van der Waals surface area contributed by atoms with Gasteiger partial charge in [0.2, 0.25) is 0 Å². The fourth-order valence-corrected chi connectivity index (χ4v) is 2.96. The lowest BCUT2D eigenvalue weighted by molar-refractivity contribution is -0.131. The Hall–Kier alpha value is -0.740. The van der Waals surface area contributed by atoms with Gasteiger partial charge < -0.3 is 5.11 Å². The van der Waals surface area contributed by atoms with Crippen LogP contribution in [0.25, 0.3) is 6.08 Å². The van der Waals surface area contributed by atoms with Gasteiger partial charge in [0.25, 0.3) is 0 Å². The van der Waals surface area contributed by atoms with E-state index in [4.69, 9.17) is 5.11 Å². The van der Waals surface area contributed by atoms with E-state index in [9.17, 15) is 4.79 Å². The van der Waals surface area contributed by atoms with Gasteiger partial charge in [-0.05, 0) is 30.4 Å². The van der Waals surface area contributed by atoms with Crippen molar-refractivity contribution < 1.29 is 9.90 Å². The molecular formula is C11H14O2S2. The summed E-state index contributed by atoms with van der Waals surface area (Å²) in [5.41, 5.74) is 0. The second-order valence-electron chi connectivity index (χ2n) is 3.03. The zero-order chi connectivity index (χ0) is 11.1. The zero-order valence-corrected chi connectivity index (χ0v) is 10.2. The summed E-state index contributed by atoms with van der Waals surface area (Å²) in [5.74, 6) is 1.31. The molecule has 0 saturated heterocycles. The van der Waals surface area contributed by atoms with Crippen molar-refractivity contribution in [2.24, 2.45) is 0 Å². The first-order chi connectivity index (χ1) is 7.22. The second-order valence-corrected chi connectivity index (χ2v) is 5.33. The van der Waals surface area contributed by atoms with Crippen LogP contribution in [0.1, 0.15) is 23.1 Å². The molecular weight excluding hydrogens is 228 g/mol. The van der Waals surface area contributed by atoms with E-state index >= 15 is 0 Å². The number of carbonyl (C=O) groups is 1. The summed E-state index contributed by atoms with van der Waals surface area (Å²) in [7, 11) is 0. The summed E-state index contributed by atoms with van der Waals surface area (Å²) in [6.45, 7) is 2.17. The molecule has 0 aromatic carbocycles. The highest BCUT2D eigenvalue weighted by Gasteiger charge is 1.98. The van der Waals surface area contributed by atoms with Crippen LogP contribution in [0, 0.1) is 0 Å². The quantitative estimate of drug-likeness (QED) is 0.613. The molecule has 4 heteroatoms. The van der Waals surface area contributed by atoms with E-state index in [1.54, 1.807) is 17.4 Å². The van der Waals surface area contributed by atoms with Gasteiger partial charge in [-0.3, -0.25) is 0 Å². The Bertz CT molecular complexity index is 342. The van der Waals surface area contributed by atoms with Crippen LogP contribution in [0.3, 0.4) is 0 Å². The fourth-order valence-electron chi connectivity index (χ4n) is 1.03. The molecule has 15 heavy (non-hydrogen) atoms. The molecule has 1 aromatic rings. The Balaban J connectivity index is 2.45. The maximum Gasteiger partial charge on any atom is 0.328 e. The fraction of sp³-hybridized carbons (Fsp3) is 0.364. The second kappa shape index (κ2) is 6.69. The van der Waals surface area contributed by atoms with E-state index in [1.165, 1.54) is 23.1 Å². The van der Waals surface area contributed by atoms with Gasteiger partial charge in [-0.15, -0.1) is 11.3 Å². The van der Waals surface area contributed by atoms with Gasteiger partial charge in [0, 0.05) is 21.6 Å². The summed E-state index contributed by atoms with van der Waals surface area (Å²) in [5, 5.41) is 8.47. The maximum absolute atomic E-state index is 10.3. The van der Waals surface area contributed by atoms with E-state index in [2.05, 4.69) is 13.0 Å². The molecule has 82 valence electrons. The van der Waals surface area contributed by atoms with Gasteiger partial charge in [-0.1, -0.05) is 6.92 Å². The van der Waals surface area contributed by atoms with Crippen LogP contribution in [-0.2, 0) is 10.5 Å². The predicted octanol–water partition coefficient (Wildman–Crippen LogP) is 3.49. The number of rotatable bonds is 6. The minimum Gasteiger partial charge on any atom is -0.478 e. The Morgan fingerprint density at radius 1 is 1.60 bits per heavy atom. The molecule has 0 unspecified atom stereocenters. The van der Waals surface area contributed by atoms with Crippen LogP contribution in [0.4, 0.5) is 0 Å². The van der Waals surface area contributed by atoms with E-state index in [1.807, 2.05) is 17.8 Å². The number of aliphatic carboxylic acids is 1. The van der Waals surface area contributed by atoms with Gasteiger partial charge >= 0.3 is 5.97 Å². The standard InChI is InChI=1S/C11H14O2S2/c1-2-7-14-8-10-4-3-9(15-10)5-6-11(12)13/h3-6H,2,7-8H2,1H3,(H,12,13). The van der Waals surface area contributed by atoms with Gasteiger partial charge in [0.05, 0.1) is 0 Å². The molecule has 0 fully saturated rings. The molecule has 0 radical (unpaired) electrons. The van der Waals surface area contributed by atoms with Crippen molar-refractivity contribution in [3.8, 4) is 0 Å². The average Bonchev–Trinajstić information content (AvgIpc) is 2.63. The summed E-state index contributed by atoms with van der Waals surface area (Å²) in [6.07, 6.45) is 4.01. The summed E-state index contributed by atoms with van der Waals surface area (Å²) >= 11 is 3.57. The van der Waals surface area contributed by atoms with E-state index in [0.29, 0.717) is 0 Å². The SMILES string of the molecule is CCCSCc1ccc(C=CC(=O)O)s1. The highest BCUT2D eigenvalue weighted by Crippen LogP contribution is 2.22. The van der Waals surface area contributed by atoms with Crippen LogP contribution < -0.4 is 0 Å². The molecule has 1 aromatic heterocycles. The third kappa shape index (κ3) is 5.04. The average molecular weight is 242 g/mol. The number of thiophene rings is 1. The molecule has 0 aliphatic carbocycles. The highest BCUT2D eigenvalue weighted by atomic mass is 32.2. The van der Waals surface area contributed by atoms with Gasteiger partial charge in [0.1, 0.15) is 0 Å². The van der Waals surface area contributed by atoms with Crippen molar-refractivity contribution in [1.82, 2.24) is 0 Å². The monoisotopic (exact) mass is 242 g/mol. The number of hydrogen-bond donors (Lipinski definition) is 1. The van der Waals surface area contributed by atoms with Crippen molar-refractivity contribution in [1.29, 1.82) is 0 Å². The lowest BCUT2D eigenvalue weighted by Crippen LogP contribution is -1.84. The van der Waals surface area contributed by atoms with Crippen molar-refractivity contribution in [2.45, 2.75) is 19.1 Å². The maximum atomic E-state index is 10.3. The minimum absolute atomic E-state index is 0.898. The highest BCUT2D eigenvalue weighted by molar-refractivity contribution is 7.98. The van der Waals surface area contributed by atoms with Crippen molar-refractivity contribution >= 4 is 35.1 Å². The molecule has 1 rings (SSSR count). The molecule has 0 atom stereocenters. The van der Waals surface area contributed by atoms with Crippen LogP contribution in [0.15, 0.2) is 18.2 Å². The molecule has 0 saturated carbocycles. The Morgan fingerprint density at radius 3 is 3.07 bits per heavy atom. The smallest absolute Gasteiger partial charge is 0.328 e. The lowest BCUT2D eigenvalue weighted by atomic mass is 10.4. The summed E-state index contributed by atoms with van der Waals surface area (Å²) in [4.78, 5) is 12.6. The normalized spacial score (nSPS) is 11.0. The molecule has 0 aliphatic rings. The van der Waals surface area contributed by atoms with E-state index in [0.717, 1.165) is 10.6 Å². The Morgan fingerprint density at radius 2 is 2.40 bits per heavy atom. The third-order valence-electron chi connectivity index (χ3n) is 1.67. The third-order valence-corrected chi connectivity index (χ3v) is 4.11. The lowest BCUT2D eigenvalue weighted by Gasteiger charge is -1.94. The first kappa shape index (κ1) is 12.3. The molecule has 0 bridgehead atoms. The van der Waals surface area contributed by atoms with Gasteiger partial charge in [-0.2, -0.15) is 11.8 Å². The molecule has 0 aliphatic heterocycles. The minimum atomic E-state index is -0.898. The predicted molar refractivity (Wildman–Crippen MR) is 67.4 cm³/mol. The van der Waals surface area contributed by atoms with E-state index < -0.39 is 5.97 Å². The first-order valence-corrected chi connectivity index (χ1v) is 6.77. The Labute approximate surface area is 98.0 Å². The summed E-state index contributed by atoms with van der Waals surface area (Å²) < 4.78 is 0.